The molecule has 2 fully saturated rings. The lowest BCUT2D eigenvalue weighted by molar-refractivity contribution is 0.309. The number of nitrogens with zero attached hydrogens (tertiary/aromatic N) is 2. The number of rotatable bonds is 3. The zero-order chi connectivity index (χ0) is 13.9. The Morgan fingerprint density at radius 3 is 2.50 bits per heavy atom. The zero-order valence-electron chi connectivity index (χ0n) is 12.8. The molecule has 1 N–H and O–H groups in total. The van der Waals surface area contributed by atoms with E-state index in [0.29, 0.717) is 6.04 Å². The van der Waals surface area contributed by atoms with E-state index in [1.54, 1.807) is 0 Å². The van der Waals surface area contributed by atoms with Crippen LogP contribution in [0.4, 0.5) is 5.82 Å². The summed E-state index contributed by atoms with van der Waals surface area (Å²) in [5.74, 6) is 2.86. The number of anilines is 1. The highest BCUT2D eigenvalue weighted by atomic mass is 15.2. The van der Waals surface area contributed by atoms with Crippen molar-refractivity contribution in [2.24, 2.45) is 11.8 Å². The van der Waals surface area contributed by atoms with Crippen molar-refractivity contribution in [1.82, 2.24) is 10.3 Å². The van der Waals surface area contributed by atoms with Crippen molar-refractivity contribution in [2.45, 2.75) is 51.6 Å². The molecule has 110 valence electrons. The van der Waals surface area contributed by atoms with Crippen LogP contribution in [0.2, 0.25) is 0 Å². The summed E-state index contributed by atoms with van der Waals surface area (Å²) in [7, 11) is 0. The Morgan fingerprint density at radius 2 is 1.90 bits per heavy atom. The van der Waals surface area contributed by atoms with E-state index in [0.717, 1.165) is 36.8 Å². The lowest BCUT2D eigenvalue weighted by atomic mass is 9.96. The van der Waals surface area contributed by atoms with Gasteiger partial charge in [-0.1, -0.05) is 19.9 Å². The van der Waals surface area contributed by atoms with Gasteiger partial charge < -0.3 is 10.2 Å². The second kappa shape index (κ2) is 6.13. The summed E-state index contributed by atoms with van der Waals surface area (Å²) >= 11 is 0. The van der Waals surface area contributed by atoms with Gasteiger partial charge in [-0.3, -0.25) is 0 Å². The maximum absolute atomic E-state index is 4.46. The molecule has 3 heteroatoms. The highest BCUT2D eigenvalue weighted by Crippen LogP contribution is 2.32. The molecule has 3 rings (SSSR count). The fraction of sp³-hybridized carbons (Fsp3) is 0.706. The van der Waals surface area contributed by atoms with Gasteiger partial charge in [0.1, 0.15) is 5.82 Å². The highest BCUT2D eigenvalue weighted by Gasteiger charge is 2.32. The minimum atomic E-state index is 0.702. The van der Waals surface area contributed by atoms with Crippen LogP contribution in [0.1, 0.15) is 39.5 Å². The number of pyridine rings is 1. The van der Waals surface area contributed by atoms with Crippen molar-refractivity contribution in [1.29, 1.82) is 0 Å². The minimum absolute atomic E-state index is 0.702. The third-order valence-electron chi connectivity index (χ3n) is 5.38. The van der Waals surface area contributed by atoms with Crippen LogP contribution in [0.25, 0.3) is 0 Å². The second-order valence-corrected chi connectivity index (χ2v) is 6.64. The lowest BCUT2D eigenvalue weighted by Crippen LogP contribution is -2.47. The van der Waals surface area contributed by atoms with E-state index in [1.165, 1.54) is 25.7 Å². The minimum Gasteiger partial charge on any atom is -0.357 e. The van der Waals surface area contributed by atoms with Crippen molar-refractivity contribution in [2.75, 3.05) is 18.0 Å². The van der Waals surface area contributed by atoms with Crippen molar-refractivity contribution >= 4 is 5.82 Å². The van der Waals surface area contributed by atoms with Crippen molar-refractivity contribution < 1.29 is 0 Å². The molecule has 1 aromatic rings. The van der Waals surface area contributed by atoms with Gasteiger partial charge in [-0.2, -0.15) is 0 Å². The van der Waals surface area contributed by atoms with Gasteiger partial charge in [0.15, 0.2) is 0 Å². The summed E-state index contributed by atoms with van der Waals surface area (Å²) in [6, 6.07) is 7.63. The van der Waals surface area contributed by atoms with Crippen LogP contribution in [0.15, 0.2) is 24.4 Å². The Morgan fingerprint density at radius 1 is 1.10 bits per heavy atom. The van der Waals surface area contributed by atoms with Gasteiger partial charge in [-0.25, -0.2) is 4.98 Å². The summed E-state index contributed by atoms with van der Waals surface area (Å²) < 4.78 is 0. The number of piperidine rings is 1. The van der Waals surface area contributed by atoms with E-state index < -0.39 is 0 Å². The Hall–Kier alpha value is -1.09. The maximum atomic E-state index is 4.46. The standard InChI is InChI=1S/C17H27N3/c1-13-6-7-16(14(13)2)19-15-8-11-20(12-9-15)17-5-3-4-10-18-17/h3-5,10,13-16,19H,6-9,11-12H2,1-2H3. The number of hydrogen-bond acceptors (Lipinski definition) is 3. The first kappa shape index (κ1) is 13.9. The van der Waals surface area contributed by atoms with Crippen LogP contribution in [0.3, 0.4) is 0 Å². The van der Waals surface area contributed by atoms with E-state index in [1.807, 2.05) is 12.3 Å². The first-order valence-electron chi connectivity index (χ1n) is 8.16. The Balaban J connectivity index is 1.49. The average molecular weight is 273 g/mol. The van der Waals surface area contributed by atoms with Crippen molar-refractivity contribution in [3.8, 4) is 0 Å². The van der Waals surface area contributed by atoms with Crippen LogP contribution < -0.4 is 10.2 Å². The lowest BCUT2D eigenvalue weighted by Gasteiger charge is -2.35. The van der Waals surface area contributed by atoms with Gasteiger partial charge in [0.05, 0.1) is 0 Å². The third kappa shape index (κ3) is 2.98. The van der Waals surface area contributed by atoms with Gasteiger partial charge in [-0.05, 0) is 49.7 Å². The zero-order valence-corrected chi connectivity index (χ0v) is 12.8. The largest absolute Gasteiger partial charge is 0.357 e. The first-order valence-corrected chi connectivity index (χ1v) is 8.16. The molecule has 0 amide bonds. The second-order valence-electron chi connectivity index (χ2n) is 6.64. The monoisotopic (exact) mass is 273 g/mol. The highest BCUT2D eigenvalue weighted by molar-refractivity contribution is 5.38. The fourth-order valence-electron chi connectivity index (χ4n) is 3.72. The third-order valence-corrected chi connectivity index (χ3v) is 5.38. The normalized spacial score (nSPS) is 31.7. The molecule has 0 aromatic carbocycles. The molecule has 0 bridgehead atoms. The number of aromatic nitrogens is 1. The SMILES string of the molecule is CC1CCC(NC2CCN(c3ccccn3)CC2)C1C. The number of hydrogen-bond donors (Lipinski definition) is 1. The molecule has 1 aliphatic heterocycles. The predicted octanol–water partition coefficient (Wildman–Crippen LogP) is 3.07. The summed E-state index contributed by atoms with van der Waals surface area (Å²) in [5, 5.41) is 3.92. The molecule has 3 atom stereocenters. The quantitative estimate of drug-likeness (QED) is 0.917. The van der Waals surface area contributed by atoms with E-state index in [-0.39, 0.29) is 0 Å². The first-order chi connectivity index (χ1) is 9.74. The Labute approximate surface area is 122 Å². The summed E-state index contributed by atoms with van der Waals surface area (Å²) in [6.07, 6.45) is 7.14. The Kier molecular flexibility index (Phi) is 4.25. The molecular formula is C17H27N3. The van der Waals surface area contributed by atoms with Crippen LogP contribution in [-0.4, -0.2) is 30.2 Å². The maximum Gasteiger partial charge on any atom is 0.128 e. The Bertz CT molecular complexity index is 412. The molecule has 3 unspecified atom stereocenters. The summed E-state index contributed by atoms with van der Waals surface area (Å²) in [6.45, 7) is 7.07. The fourth-order valence-corrected chi connectivity index (χ4v) is 3.72. The van der Waals surface area contributed by atoms with Gasteiger partial charge in [-0.15, -0.1) is 0 Å². The molecule has 1 saturated carbocycles. The van der Waals surface area contributed by atoms with Gasteiger partial charge in [0.2, 0.25) is 0 Å². The number of nitrogens with one attached hydrogen (secondary N) is 1. The van der Waals surface area contributed by atoms with Crippen molar-refractivity contribution in [3.05, 3.63) is 24.4 Å². The van der Waals surface area contributed by atoms with Crippen LogP contribution in [-0.2, 0) is 0 Å². The topological polar surface area (TPSA) is 28.2 Å². The predicted molar refractivity (Wildman–Crippen MR) is 84.0 cm³/mol. The molecular weight excluding hydrogens is 246 g/mol. The smallest absolute Gasteiger partial charge is 0.128 e. The molecule has 2 heterocycles. The van der Waals surface area contributed by atoms with Crippen LogP contribution in [0.5, 0.6) is 0 Å². The van der Waals surface area contributed by atoms with E-state index in [9.17, 15) is 0 Å². The molecule has 3 nitrogen and oxygen atoms in total. The van der Waals surface area contributed by atoms with Gasteiger partial charge in [0, 0.05) is 31.4 Å². The molecule has 2 aliphatic rings. The van der Waals surface area contributed by atoms with Gasteiger partial charge in [0.25, 0.3) is 0 Å². The molecule has 1 aromatic heterocycles. The molecule has 1 saturated heterocycles. The molecule has 1 aliphatic carbocycles. The van der Waals surface area contributed by atoms with Crippen molar-refractivity contribution in [3.63, 3.8) is 0 Å². The summed E-state index contributed by atoms with van der Waals surface area (Å²) in [4.78, 5) is 6.87. The molecule has 0 radical (unpaired) electrons. The van der Waals surface area contributed by atoms with E-state index >= 15 is 0 Å². The van der Waals surface area contributed by atoms with Crippen LogP contribution >= 0.6 is 0 Å². The summed E-state index contributed by atoms with van der Waals surface area (Å²) in [5.41, 5.74) is 0. The van der Waals surface area contributed by atoms with Crippen LogP contribution in [0, 0.1) is 11.8 Å². The average Bonchev–Trinajstić information content (AvgIpc) is 2.81. The molecule has 20 heavy (non-hydrogen) atoms. The van der Waals surface area contributed by atoms with E-state index in [4.69, 9.17) is 0 Å². The van der Waals surface area contributed by atoms with Gasteiger partial charge >= 0.3 is 0 Å². The van der Waals surface area contributed by atoms with E-state index in [2.05, 4.69) is 41.2 Å². The molecule has 0 spiro atoms.